The predicted octanol–water partition coefficient (Wildman–Crippen LogP) is 2.53. The fourth-order valence-electron chi connectivity index (χ4n) is 1.36. The lowest BCUT2D eigenvalue weighted by atomic mass is 10.2. The molecule has 22 heavy (non-hydrogen) atoms. The Balaban J connectivity index is 2.48. The van der Waals surface area contributed by atoms with E-state index in [4.69, 9.17) is 15.4 Å². The molecule has 0 aliphatic heterocycles. The number of carbonyl (C=O) groups excluding carboxylic acids is 1. The Bertz CT molecular complexity index is 538. The van der Waals surface area contributed by atoms with E-state index in [1.54, 1.807) is 44.5 Å². The average molecular weight is 324 g/mol. The molecular weight excluding hydrogens is 304 g/mol. The summed E-state index contributed by atoms with van der Waals surface area (Å²) in [5, 5.41) is 5.91. The highest BCUT2D eigenvalue weighted by atomic mass is 32.2. The summed E-state index contributed by atoms with van der Waals surface area (Å²) in [4.78, 5) is 20.6. The van der Waals surface area contributed by atoms with Gasteiger partial charge < -0.3 is 10.6 Å². The molecule has 7 nitrogen and oxygen atoms in total. The predicted molar refractivity (Wildman–Crippen MR) is 86.9 cm³/mol. The third kappa shape index (κ3) is 6.59. The minimum atomic E-state index is -0.649. The minimum absolute atomic E-state index is 0.114. The van der Waals surface area contributed by atoms with Crippen LogP contribution in [0, 0.1) is 0 Å². The van der Waals surface area contributed by atoms with Gasteiger partial charge in [0, 0.05) is 11.8 Å². The molecule has 0 atom stereocenters. The van der Waals surface area contributed by atoms with Gasteiger partial charge >= 0.3 is 6.09 Å². The summed E-state index contributed by atoms with van der Waals surface area (Å²) >= 11 is 1.31. The zero-order valence-electron chi connectivity index (χ0n) is 12.8. The topological polar surface area (TPSA) is 98.8 Å². The number of hydroxylamine groups is 1. The number of hydrogen-bond donors (Lipinski definition) is 2. The summed E-state index contributed by atoms with van der Waals surface area (Å²) in [5.74, 6) is 5.30. The SMILES string of the molecule is C=CS/C(=N\N)c1ccc(CONC(=O)OC(C)(C)C)nc1. The maximum Gasteiger partial charge on any atom is 0.431 e. The number of thioether (sulfide) groups is 1. The lowest BCUT2D eigenvalue weighted by molar-refractivity contribution is -0.0144. The fraction of sp³-hybridized carbons (Fsp3) is 0.357. The van der Waals surface area contributed by atoms with Crippen LogP contribution in [0.1, 0.15) is 32.0 Å². The number of pyridine rings is 1. The Morgan fingerprint density at radius 2 is 2.27 bits per heavy atom. The number of nitrogens with zero attached hydrogens (tertiary/aromatic N) is 2. The monoisotopic (exact) mass is 324 g/mol. The van der Waals surface area contributed by atoms with E-state index < -0.39 is 11.7 Å². The summed E-state index contributed by atoms with van der Waals surface area (Å²) < 4.78 is 5.03. The molecule has 1 amide bonds. The third-order valence-electron chi connectivity index (χ3n) is 2.16. The number of amides is 1. The molecule has 0 radical (unpaired) electrons. The summed E-state index contributed by atoms with van der Waals surface area (Å²) in [6.07, 6.45) is 0.970. The molecule has 1 heterocycles. The molecule has 0 aliphatic rings. The van der Waals surface area contributed by atoms with Gasteiger partial charge in [0.05, 0.1) is 5.69 Å². The molecule has 8 heteroatoms. The second kappa shape index (κ2) is 8.40. The van der Waals surface area contributed by atoms with Crippen molar-refractivity contribution in [2.45, 2.75) is 33.0 Å². The molecule has 0 aromatic carbocycles. The maximum absolute atomic E-state index is 11.4. The second-order valence-electron chi connectivity index (χ2n) is 5.15. The minimum Gasteiger partial charge on any atom is -0.442 e. The quantitative estimate of drug-likeness (QED) is 0.374. The van der Waals surface area contributed by atoms with Crippen LogP contribution < -0.4 is 11.3 Å². The van der Waals surface area contributed by atoms with Crippen molar-refractivity contribution < 1.29 is 14.4 Å². The van der Waals surface area contributed by atoms with Gasteiger partial charge in [-0.3, -0.25) is 9.82 Å². The molecule has 0 unspecified atom stereocenters. The van der Waals surface area contributed by atoms with Crippen molar-refractivity contribution in [3.8, 4) is 0 Å². The lowest BCUT2D eigenvalue weighted by Gasteiger charge is -2.19. The van der Waals surface area contributed by atoms with Crippen molar-refractivity contribution in [3.63, 3.8) is 0 Å². The van der Waals surface area contributed by atoms with Crippen LogP contribution in [0.3, 0.4) is 0 Å². The van der Waals surface area contributed by atoms with E-state index in [2.05, 4.69) is 22.1 Å². The van der Waals surface area contributed by atoms with E-state index in [1.165, 1.54) is 11.8 Å². The largest absolute Gasteiger partial charge is 0.442 e. The Labute approximate surface area is 133 Å². The summed E-state index contributed by atoms with van der Waals surface area (Å²) in [7, 11) is 0. The van der Waals surface area contributed by atoms with Crippen molar-refractivity contribution in [2.75, 3.05) is 0 Å². The van der Waals surface area contributed by atoms with Crippen LogP contribution >= 0.6 is 11.8 Å². The zero-order valence-corrected chi connectivity index (χ0v) is 13.6. The van der Waals surface area contributed by atoms with Crippen LogP contribution in [0.4, 0.5) is 4.79 Å². The Morgan fingerprint density at radius 3 is 2.77 bits per heavy atom. The van der Waals surface area contributed by atoms with Gasteiger partial charge in [0.2, 0.25) is 0 Å². The standard InChI is InChI=1S/C14H20N4O3S/c1-5-22-12(17-15)10-6-7-11(16-8-10)9-20-18-13(19)21-14(2,3)4/h5-8H,1,9,15H2,2-4H3,(H,18,19)/b17-12-. The summed E-state index contributed by atoms with van der Waals surface area (Å²) in [6.45, 7) is 9.03. The Morgan fingerprint density at radius 1 is 1.55 bits per heavy atom. The first-order chi connectivity index (χ1) is 10.4. The van der Waals surface area contributed by atoms with Gasteiger partial charge in [0.15, 0.2) is 0 Å². The normalized spacial score (nSPS) is 11.9. The highest BCUT2D eigenvalue weighted by molar-refractivity contribution is 8.16. The molecule has 0 fully saturated rings. The molecule has 0 saturated carbocycles. The van der Waals surface area contributed by atoms with Crippen molar-refractivity contribution >= 4 is 22.9 Å². The summed E-state index contributed by atoms with van der Waals surface area (Å²) in [6, 6.07) is 3.56. The van der Waals surface area contributed by atoms with E-state index in [9.17, 15) is 4.79 Å². The molecule has 3 N–H and O–H groups in total. The van der Waals surface area contributed by atoms with E-state index in [0.29, 0.717) is 10.7 Å². The summed E-state index contributed by atoms with van der Waals surface area (Å²) in [5.41, 5.74) is 3.03. The van der Waals surface area contributed by atoms with Gasteiger partial charge in [0.1, 0.15) is 17.3 Å². The van der Waals surface area contributed by atoms with Crippen LogP contribution in [-0.4, -0.2) is 21.7 Å². The van der Waals surface area contributed by atoms with Crippen molar-refractivity contribution in [1.82, 2.24) is 10.5 Å². The Hall–Kier alpha value is -2.06. The van der Waals surface area contributed by atoms with Gasteiger partial charge in [-0.05, 0) is 38.3 Å². The van der Waals surface area contributed by atoms with Crippen molar-refractivity contribution in [3.05, 3.63) is 41.6 Å². The molecule has 1 aromatic rings. The maximum atomic E-state index is 11.4. The van der Waals surface area contributed by atoms with E-state index in [-0.39, 0.29) is 6.61 Å². The molecule has 0 saturated heterocycles. The van der Waals surface area contributed by atoms with Crippen LogP contribution in [0.25, 0.3) is 0 Å². The number of aromatic nitrogens is 1. The molecule has 120 valence electrons. The van der Waals surface area contributed by atoms with Gasteiger partial charge in [-0.1, -0.05) is 18.3 Å². The average Bonchev–Trinajstić information content (AvgIpc) is 2.44. The van der Waals surface area contributed by atoms with Crippen LogP contribution in [0.15, 0.2) is 35.4 Å². The number of nitrogens with two attached hydrogens (primary N) is 1. The molecule has 0 spiro atoms. The van der Waals surface area contributed by atoms with Gasteiger partial charge in [-0.2, -0.15) is 10.6 Å². The van der Waals surface area contributed by atoms with Crippen molar-refractivity contribution in [1.29, 1.82) is 0 Å². The van der Waals surface area contributed by atoms with E-state index in [0.717, 1.165) is 5.56 Å². The first-order valence-corrected chi connectivity index (χ1v) is 7.35. The number of nitrogens with one attached hydrogen (secondary N) is 1. The fourth-order valence-corrected chi connectivity index (χ4v) is 1.83. The molecular formula is C14H20N4O3S. The lowest BCUT2D eigenvalue weighted by Crippen LogP contribution is -2.32. The van der Waals surface area contributed by atoms with Crippen LogP contribution in [0.2, 0.25) is 0 Å². The number of rotatable bonds is 5. The van der Waals surface area contributed by atoms with E-state index in [1.807, 2.05) is 0 Å². The molecule has 1 aromatic heterocycles. The molecule has 0 bridgehead atoms. The number of ether oxygens (including phenoxy) is 1. The van der Waals surface area contributed by atoms with E-state index >= 15 is 0 Å². The van der Waals surface area contributed by atoms with Gasteiger partial charge in [0.25, 0.3) is 0 Å². The van der Waals surface area contributed by atoms with Crippen LogP contribution in [0.5, 0.6) is 0 Å². The first kappa shape index (κ1) is 18.0. The Kier molecular flexibility index (Phi) is 6.87. The molecule has 0 aliphatic carbocycles. The van der Waals surface area contributed by atoms with Crippen LogP contribution in [-0.2, 0) is 16.2 Å². The number of carbonyl (C=O) groups is 1. The number of hydrazone groups is 1. The van der Waals surface area contributed by atoms with Gasteiger partial charge in [-0.15, -0.1) is 0 Å². The molecule has 1 rings (SSSR count). The number of hydrogen-bond acceptors (Lipinski definition) is 7. The highest BCUT2D eigenvalue weighted by Crippen LogP contribution is 2.13. The van der Waals surface area contributed by atoms with Crippen molar-refractivity contribution in [2.24, 2.45) is 10.9 Å². The third-order valence-corrected chi connectivity index (χ3v) is 2.89. The zero-order chi connectivity index (χ0) is 16.6. The smallest absolute Gasteiger partial charge is 0.431 e. The van der Waals surface area contributed by atoms with Gasteiger partial charge in [-0.25, -0.2) is 4.79 Å². The highest BCUT2D eigenvalue weighted by Gasteiger charge is 2.16. The first-order valence-electron chi connectivity index (χ1n) is 6.47. The second-order valence-corrected chi connectivity index (χ2v) is 6.11.